The van der Waals surface area contributed by atoms with Crippen LogP contribution in [-0.2, 0) is 11.2 Å². The number of rotatable bonds is 6. The summed E-state index contributed by atoms with van der Waals surface area (Å²) >= 11 is 1.23. The van der Waals surface area contributed by atoms with Crippen molar-refractivity contribution >= 4 is 23.4 Å². The number of nitrogens with zero attached hydrogens (tertiary/aromatic N) is 3. The van der Waals surface area contributed by atoms with Gasteiger partial charge in [0, 0.05) is 23.9 Å². The Morgan fingerprint density at radius 3 is 2.64 bits per heavy atom. The Morgan fingerprint density at radius 2 is 1.89 bits per heavy atom. The van der Waals surface area contributed by atoms with Crippen molar-refractivity contribution < 1.29 is 18.7 Å². The number of methoxy groups -OCH3 is 2. The van der Waals surface area contributed by atoms with Gasteiger partial charge in [-0.25, -0.2) is 0 Å². The minimum absolute atomic E-state index is 0.0257. The van der Waals surface area contributed by atoms with Crippen LogP contribution in [-0.4, -0.2) is 42.6 Å². The van der Waals surface area contributed by atoms with Gasteiger partial charge in [0.15, 0.2) is 0 Å². The predicted octanol–water partition coefficient (Wildman–Crippen LogP) is 3.44. The van der Waals surface area contributed by atoms with E-state index in [1.165, 1.54) is 17.3 Å². The van der Waals surface area contributed by atoms with Gasteiger partial charge in [-0.15, -0.1) is 10.2 Å². The highest BCUT2D eigenvalue weighted by Crippen LogP contribution is 2.31. The smallest absolute Gasteiger partial charge is 0.277 e. The number of anilines is 1. The van der Waals surface area contributed by atoms with Gasteiger partial charge in [-0.3, -0.25) is 4.79 Å². The molecule has 0 saturated carbocycles. The summed E-state index contributed by atoms with van der Waals surface area (Å²) < 4.78 is 16.2. The third-order valence-electron chi connectivity index (χ3n) is 4.51. The van der Waals surface area contributed by atoms with Crippen molar-refractivity contribution in [2.45, 2.75) is 11.6 Å². The molecule has 0 atom stereocenters. The van der Waals surface area contributed by atoms with Gasteiger partial charge in [-0.1, -0.05) is 30.0 Å². The lowest BCUT2D eigenvalue weighted by atomic mass is 10.2. The molecule has 3 aromatic rings. The van der Waals surface area contributed by atoms with Crippen LogP contribution in [0.5, 0.6) is 11.5 Å². The second kappa shape index (κ2) is 7.93. The summed E-state index contributed by atoms with van der Waals surface area (Å²) in [5.74, 6) is 1.86. The normalized spacial score (nSPS) is 12.7. The van der Waals surface area contributed by atoms with Crippen molar-refractivity contribution in [1.82, 2.24) is 10.2 Å². The average Bonchev–Trinajstić information content (AvgIpc) is 3.39. The first-order valence-electron chi connectivity index (χ1n) is 8.76. The van der Waals surface area contributed by atoms with Gasteiger partial charge in [-0.05, 0) is 30.2 Å². The molecule has 0 radical (unpaired) electrons. The number of thioether (sulfide) groups is 1. The Kier molecular flexibility index (Phi) is 5.21. The molecule has 0 fully saturated rings. The zero-order valence-electron chi connectivity index (χ0n) is 15.5. The first kappa shape index (κ1) is 18.4. The van der Waals surface area contributed by atoms with Crippen LogP contribution in [0.2, 0.25) is 0 Å². The summed E-state index contributed by atoms with van der Waals surface area (Å²) in [6, 6.07) is 13.3. The van der Waals surface area contributed by atoms with E-state index in [2.05, 4.69) is 16.3 Å². The van der Waals surface area contributed by atoms with Crippen molar-refractivity contribution in [1.29, 1.82) is 0 Å². The fourth-order valence-electron chi connectivity index (χ4n) is 3.11. The van der Waals surface area contributed by atoms with Crippen LogP contribution < -0.4 is 14.4 Å². The summed E-state index contributed by atoms with van der Waals surface area (Å²) in [5.41, 5.74) is 2.88. The standard InChI is InChI=1S/C20H19N3O4S/c1-25-15-9-14(10-16(11-15)26-2)19-21-22-20(27-19)28-12-18(24)23-8-7-13-5-3-4-6-17(13)23/h3-6,9-11H,7-8,12H2,1-2H3. The first-order chi connectivity index (χ1) is 13.7. The van der Waals surface area contributed by atoms with Crippen molar-refractivity contribution in [2.24, 2.45) is 0 Å². The van der Waals surface area contributed by atoms with Crippen molar-refractivity contribution in [2.75, 3.05) is 31.4 Å². The number of fused-ring (bicyclic) bond motifs is 1. The number of amides is 1. The molecule has 2 aromatic carbocycles. The molecular weight excluding hydrogens is 378 g/mol. The fourth-order valence-corrected chi connectivity index (χ4v) is 3.75. The topological polar surface area (TPSA) is 77.7 Å². The number of hydrogen-bond acceptors (Lipinski definition) is 7. The molecule has 0 saturated heterocycles. The number of aromatic nitrogens is 2. The number of carbonyl (C=O) groups is 1. The van der Waals surface area contributed by atoms with Gasteiger partial charge in [0.05, 0.1) is 20.0 Å². The second-order valence-electron chi connectivity index (χ2n) is 6.19. The summed E-state index contributed by atoms with van der Waals surface area (Å²) in [6.07, 6.45) is 0.884. The molecule has 0 spiro atoms. The van der Waals surface area contributed by atoms with E-state index in [1.807, 2.05) is 23.1 Å². The molecule has 144 valence electrons. The monoisotopic (exact) mass is 397 g/mol. The van der Waals surface area contributed by atoms with Crippen LogP contribution in [0, 0.1) is 0 Å². The molecule has 0 bridgehead atoms. The lowest BCUT2D eigenvalue weighted by Crippen LogP contribution is -2.30. The molecule has 1 amide bonds. The Labute approximate surface area is 166 Å². The van der Waals surface area contributed by atoms with E-state index in [4.69, 9.17) is 13.9 Å². The molecule has 1 aliphatic heterocycles. The minimum atomic E-state index is 0.0257. The maximum absolute atomic E-state index is 12.6. The van der Waals surface area contributed by atoms with Gasteiger partial charge < -0.3 is 18.8 Å². The molecule has 1 aliphatic rings. The van der Waals surface area contributed by atoms with Gasteiger partial charge in [0.1, 0.15) is 11.5 Å². The zero-order valence-corrected chi connectivity index (χ0v) is 16.4. The van der Waals surface area contributed by atoms with E-state index in [0.29, 0.717) is 34.7 Å². The van der Waals surface area contributed by atoms with E-state index >= 15 is 0 Å². The largest absolute Gasteiger partial charge is 0.497 e. The van der Waals surface area contributed by atoms with E-state index in [-0.39, 0.29) is 11.7 Å². The van der Waals surface area contributed by atoms with Crippen molar-refractivity contribution in [3.63, 3.8) is 0 Å². The molecule has 8 heteroatoms. The summed E-state index contributed by atoms with van der Waals surface area (Å²) in [7, 11) is 3.16. The highest BCUT2D eigenvalue weighted by molar-refractivity contribution is 7.99. The molecule has 0 N–H and O–H groups in total. The van der Waals surface area contributed by atoms with Gasteiger partial charge in [-0.2, -0.15) is 0 Å². The fraction of sp³-hybridized carbons (Fsp3) is 0.250. The third kappa shape index (κ3) is 3.68. The van der Waals surface area contributed by atoms with Crippen LogP contribution in [0.25, 0.3) is 11.5 Å². The lowest BCUT2D eigenvalue weighted by Gasteiger charge is -2.16. The Morgan fingerprint density at radius 1 is 1.14 bits per heavy atom. The second-order valence-corrected chi connectivity index (χ2v) is 7.11. The summed E-state index contributed by atoms with van der Waals surface area (Å²) in [6.45, 7) is 0.706. The molecule has 0 unspecified atom stereocenters. The van der Waals surface area contributed by atoms with Gasteiger partial charge in [0.2, 0.25) is 11.8 Å². The van der Waals surface area contributed by atoms with Crippen LogP contribution in [0.3, 0.4) is 0 Å². The predicted molar refractivity (Wildman–Crippen MR) is 106 cm³/mol. The van der Waals surface area contributed by atoms with Crippen LogP contribution in [0.1, 0.15) is 5.56 Å². The number of para-hydroxylation sites is 1. The highest BCUT2D eigenvalue weighted by atomic mass is 32.2. The molecule has 28 heavy (non-hydrogen) atoms. The molecule has 2 heterocycles. The lowest BCUT2D eigenvalue weighted by molar-refractivity contribution is -0.116. The van der Waals surface area contributed by atoms with Crippen LogP contribution in [0.15, 0.2) is 52.1 Å². The first-order valence-corrected chi connectivity index (χ1v) is 9.74. The Balaban J connectivity index is 1.44. The summed E-state index contributed by atoms with van der Waals surface area (Å²) in [5, 5.41) is 8.46. The van der Waals surface area contributed by atoms with Crippen LogP contribution >= 0.6 is 11.8 Å². The Hall–Kier alpha value is -3.00. The number of benzene rings is 2. The molecular formula is C20H19N3O4S. The SMILES string of the molecule is COc1cc(OC)cc(-c2nnc(SCC(=O)N3CCc4ccccc43)o2)c1. The number of carbonyl (C=O) groups excluding carboxylic acids is 1. The van der Waals surface area contributed by atoms with Gasteiger partial charge >= 0.3 is 0 Å². The van der Waals surface area contributed by atoms with E-state index in [0.717, 1.165) is 12.1 Å². The third-order valence-corrected chi connectivity index (χ3v) is 5.32. The Bertz CT molecular complexity index is 982. The summed E-state index contributed by atoms with van der Waals surface area (Å²) in [4.78, 5) is 14.4. The van der Waals surface area contributed by atoms with E-state index in [1.54, 1.807) is 32.4 Å². The average molecular weight is 397 g/mol. The quantitative estimate of drug-likeness (QED) is 0.590. The maximum atomic E-state index is 12.6. The molecule has 4 rings (SSSR count). The van der Waals surface area contributed by atoms with Crippen molar-refractivity contribution in [3.8, 4) is 23.0 Å². The number of ether oxygens (including phenoxy) is 2. The molecule has 1 aromatic heterocycles. The molecule has 7 nitrogen and oxygen atoms in total. The molecule has 0 aliphatic carbocycles. The van der Waals surface area contributed by atoms with Crippen LogP contribution in [0.4, 0.5) is 5.69 Å². The highest BCUT2D eigenvalue weighted by Gasteiger charge is 2.24. The van der Waals surface area contributed by atoms with Gasteiger partial charge in [0.25, 0.3) is 5.22 Å². The zero-order chi connectivity index (χ0) is 19.5. The maximum Gasteiger partial charge on any atom is 0.277 e. The minimum Gasteiger partial charge on any atom is -0.497 e. The number of hydrogen-bond donors (Lipinski definition) is 0. The van der Waals surface area contributed by atoms with Crippen molar-refractivity contribution in [3.05, 3.63) is 48.0 Å². The van der Waals surface area contributed by atoms with E-state index < -0.39 is 0 Å². The van der Waals surface area contributed by atoms with E-state index in [9.17, 15) is 4.79 Å².